The molecule has 0 aliphatic carbocycles. The van der Waals surface area contributed by atoms with Gasteiger partial charge in [-0.1, -0.05) is 57.2 Å². The van der Waals surface area contributed by atoms with Crippen LogP contribution in [0.3, 0.4) is 0 Å². The molecule has 0 spiro atoms. The van der Waals surface area contributed by atoms with Gasteiger partial charge in [0.2, 0.25) is 5.91 Å². The predicted molar refractivity (Wildman–Crippen MR) is 131 cm³/mol. The second-order valence-corrected chi connectivity index (χ2v) is 9.89. The molecule has 0 aliphatic heterocycles. The minimum Gasteiger partial charge on any atom is -0.476 e. The van der Waals surface area contributed by atoms with Crippen molar-refractivity contribution in [3.63, 3.8) is 0 Å². The Hall–Kier alpha value is -4.21. The highest BCUT2D eigenvalue weighted by Gasteiger charge is 2.45. The Labute approximate surface area is 210 Å². The third kappa shape index (κ3) is 4.66. The van der Waals surface area contributed by atoms with Gasteiger partial charge in [-0.25, -0.2) is 14.5 Å². The first-order valence-corrected chi connectivity index (χ1v) is 11.4. The zero-order chi connectivity index (χ0) is 27.2. The molecule has 0 fully saturated rings. The van der Waals surface area contributed by atoms with Crippen molar-refractivity contribution in [1.82, 2.24) is 14.8 Å². The third-order valence-electron chi connectivity index (χ3n) is 6.40. The van der Waals surface area contributed by atoms with Crippen LogP contribution < -0.4 is 5.73 Å². The number of carboxylic acid groups (broad SMARTS) is 1. The number of amides is 1. The molecule has 192 valence electrons. The van der Waals surface area contributed by atoms with E-state index in [-0.39, 0.29) is 22.9 Å². The molecule has 1 amide bonds. The van der Waals surface area contributed by atoms with Gasteiger partial charge in [0, 0.05) is 18.0 Å². The standard InChI is InChI=1S/C27H25F3N4O3/c1-25(2,3)18-9-7-16(8-10-18)14-26(24(31)37,19-5-4-6-20(13-19)27(28,29)30)34-22-17(15-33-34)11-12-32-21(22)23(35)36/h4-13,15H,14H2,1-3H3,(H2,31,37)(H,35,36). The molecule has 0 radical (unpaired) electrons. The Morgan fingerprint density at radius 3 is 2.19 bits per heavy atom. The quantitative estimate of drug-likeness (QED) is 0.383. The zero-order valence-corrected chi connectivity index (χ0v) is 20.4. The van der Waals surface area contributed by atoms with E-state index in [9.17, 15) is 27.9 Å². The van der Waals surface area contributed by atoms with Crippen molar-refractivity contribution in [2.75, 3.05) is 0 Å². The lowest BCUT2D eigenvalue weighted by Crippen LogP contribution is -2.50. The van der Waals surface area contributed by atoms with Crippen molar-refractivity contribution in [2.24, 2.45) is 5.73 Å². The molecule has 4 rings (SSSR count). The summed E-state index contributed by atoms with van der Waals surface area (Å²) in [5.74, 6) is -2.39. The number of nitrogens with two attached hydrogens (primary N) is 1. The lowest BCUT2D eigenvalue weighted by Gasteiger charge is -2.33. The number of nitrogens with zero attached hydrogens (tertiary/aromatic N) is 3. The summed E-state index contributed by atoms with van der Waals surface area (Å²) in [6, 6.07) is 13.1. The monoisotopic (exact) mass is 510 g/mol. The first-order valence-electron chi connectivity index (χ1n) is 11.4. The number of halogens is 3. The third-order valence-corrected chi connectivity index (χ3v) is 6.40. The van der Waals surface area contributed by atoms with Crippen LogP contribution in [0.4, 0.5) is 13.2 Å². The summed E-state index contributed by atoms with van der Waals surface area (Å²) in [7, 11) is 0. The highest BCUT2D eigenvalue weighted by atomic mass is 19.4. The van der Waals surface area contributed by atoms with Gasteiger partial charge in [0.15, 0.2) is 11.2 Å². The molecule has 3 N–H and O–H groups in total. The van der Waals surface area contributed by atoms with E-state index in [2.05, 4.69) is 10.1 Å². The molecule has 4 aromatic rings. The molecule has 2 aromatic heterocycles. The van der Waals surface area contributed by atoms with Crippen LogP contribution in [0.1, 0.15) is 53.5 Å². The van der Waals surface area contributed by atoms with E-state index in [0.717, 1.165) is 22.4 Å². The van der Waals surface area contributed by atoms with Gasteiger partial charge in [-0.15, -0.1) is 0 Å². The molecule has 2 aromatic carbocycles. The topological polar surface area (TPSA) is 111 Å². The molecule has 0 saturated carbocycles. The van der Waals surface area contributed by atoms with E-state index < -0.39 is 34.8 Å². The Balaban J connectivity index is 2.04. The second kappa shape index (κ2) is 9.02. The molecule has 37 heavy (non-hydrogen) atoms. The molecule has 2 heterocycles. The average Bonchev–Trinajstić information content (AvgIpc) is 3.26. The van der Waals surface area contributed by atoms with Crippen molar-refractivity contribution in [3.05, 3.63) is 94.9 Å². The number of aromatic carboxylic acids is 1. The smallest absolute Gasteiger partial charge is 0.416 e. The highest BCUT2D eigenvalue weighted by Crippen LogP contribution is 2.38. The van der Waals surface area contributed by atoms with E-state index in [1.54, 1.807) is 12.1 Å². The van der Waals surface area contributed by atoms with Crippen LogP contribution in [0, 0.1) is 0 Å². The maximum Gasteiger partial charge on any atom is 0.416 e. The van der Waals surface area contributed by atoms with Crippen molar-refractivity contribution >= 4 is 22.8 Å². The number of primary amides is 1. The summed E-state index contributed by atoms with van der Waals surface area (Å²) < 4.78 is 42.1. The molecule has 7 nitrogen and oxygen atoms in total. The molecule has 1 unspecified atom stereocenters. The fraction of sp³-hybridized carbons (Fsp3) is 0.259. The van der Waals surface area contributed by atoms with E-state index in [1.165, 1.54) is 30.6 Å². The molecular weight excluding hydrogens is 485 g/mol. The first-order chi connectivity index (χ1) is 17.2. The lowest BCUT2D eigenvalue weighted by atomic mass is 9.80. The number of hydrogen-bond donors (Lipinski definition) is 2. The largest absolute Gasteiger partial charge is 0.476 e. The number of rotatable bonds is 6. The molecule has 0 aliphatic rings. The maximum absolute atomic E-state index is 13.7. The van der Waals surface area contributed by atoms with Gasteiger partial charge in [-0.3, -0.25) is 4.79 Å². The first kappa shape index (κ1) is 25.9. The van der Waals surface area contributed by atoms with Crippen molar-refractivity contribution in [3.8, 4) is 0 Å². The van der Waals surface area contributed by atoms with Crippen LogP contribution in [0.2, 0.25) is 0 Å². The van der Waals surface area contributed by atoms with Crippen LogP contribution in [-0.4, -0.2) is 31.7 Å². The maximum atomic E-state index is 13.7. The summed E-state index contributed by atoms with van der Waals surface area (Å²) in [5.41, 5.74) is 3.92. The number of carboxylic acids is 1. The molecule has 0 bridgehead atoms. The van der Waals surface area contributed by atoms with Crippen LogP contribution in [0.5, 0.6) is 0 Å². The van der Waals surface area contributed by atoms with E-state index in [4.69, 9.17) is 5.73 Å². The summed E-state index contributed by atoms with van der Waals surface area (Å²) in [5, 5.41) is 14.4. The SMILES string of the molecule is CC(C)(C)c1ccc(CC(C(N)=O)(c2cccc(C(F)(F)F)c2)n2ncc3ccnc(C(=O)O)c32)cc1. The second-order valence-electron chi connectivity index (χ2n) is 9.89. The number of carbonyl (C=O) groups excluding carboxylic acids is 1. The van der Waals surface area contributed by atoms with Crippen molar-refractivity contribution in [1.29, 1.82) is 0 Å². The van der Waals surface area contributed by atoms with E-state index >= 15 is 0 Å². The van der Waals surface area contributed by atoms with Gasteiger partial charge >= 0.3 is 12.1 Å². The Morgan fingerprint density at radius 2 is 1.62 bits per heavy atom. The minimum atomic E-state index is -4.69. The zero-order valence-electron chi connectivity index (χ0n) is 20.4. The lowest BCUT2D eigenvalue weighted by molar-refractivity contribution is -0.138. The number of carbonyl (C=O) groups is 2. The number of alkyl halides is 3. The number of hydrogen-bond acceptors (Lipinski definition) is 4. The van der Waals surface area contributed by atoms with Crippen LogP contribution in [0.15, 0.2) is 67.0 Å². The van der Waals surface area contributed by atoms with Crippen molar-refractivity contribution < 1.29 is 27.9 Å². The molecule has 10 heteroatoms. The van der Waals surface area contributed by atoms with Gasteiger partial charge in [-0.2, -0.15) is 18.3 Å². The van der Waals surface area contributed by atoms with Crippen LogP contribution >= 0.6 is 0 Å². The Morgan fingerprint density at radius 1 is 0.973 bits per heavy atom. The number of aromatic nitrogens is 3. The minimum absolute atomic E-state index is 0.0301. The number of benzene rings is 2. The van der Waals surface area contributed by atoms with Crippen LogP contribution in [-0.2, 0) is 28.3 Å². The van der Waals surface area contributed by atoms with Crippen molar-refractivity contribution in [2.45, 2.75) is 44.3 Å². The Bertz CT molecular complexity index is 1490. The average molecular weight is 511 g/mol. The van der Waals surface area contributed by atoms with Gasteiger partial charge in [0.05, 0.1) is 11.8 Å². The van der Waals surface area contributed by atoms with Gasteiger partial charge in [0.1, 0.15) is 5.52 Å². The van der Waals surface area contributed by atoms with Gasteiger partial charge in [-0.05, 0) is 40.3 Å². The van der Waals surface area contributed by atoms with E-state index in [1.807, 2.05) is 32.9 Å². The van der Waals surface area contributed by atoms with E-state index in [0.29, 0.717) is 10.9 Å². The fourth-order valence-electron chi connectivity index (χ4n) is 4.42. The number of fused-ring (bicyclic) bond motifs is 1. The van der Waals surface area contributed by atoms with Gasteiger partial charge < -0.3 is 10.8 Å². The molecular formula is C27H25F3N4O3. The highest BCUT2D eigenvalue weighted by molar-refractivity contribution is 6.01. The summed E-state index contributed by atoms with van der Waals surface area (Å²) >= 11 is 0. The normalized spacial score (nSPS) is 13.9. The summed E-state index contributed by atoms with van der Waals surface area (Å²) in [6.07, 6.45) is -2.26. The molecule has 0 saturated heterocycles. The fourth-order valence-corrected chi connectivity index (χ4v) is 4.42. The molecule has 1 atom stereocenters. The Kier molecular flexibility index (Phi) is 6.31. The summed E-state index contributed by atoms with van der Waals surface area (Å²) in [4.78, 5) is 29.3. The van der Waals surface area contributed by atoms with Gasteiger partial charge in [0.25, 0.3) is 0 Å². The number of pyridine rings is 1. The van der Waals surface area contributed by atoms with Crippen LogP contribution in [0.25, 0.3) is 10.9 Å². The summed E-state index contributed by atoms with van der Waals surface area (Å²) in [6.45, 7) is 6.11. The predicted octanol–water partition coefficient (Wildman–Crippen LogP) is 4.92.